The fourth-order valence-corrected chi connectivity index (χ4v) is 2.78. The van der Waals surface area contributed by atoms with Crippen LogP contribution in [0.15, 0.2) is 39.7 Å². The lowest BCUT2D eigenvalue weighted by Gasteiger charge is -2.21. The van der Waals surface area contributed by atoms with Gasteiger partial charge in [-0.25, -0.2) is 8.42 Å². The highest BCUT2D eigenvalue weighted by Gasteiger charge is 2.10. The van der Waals surface area contributed by atoms with E-state index in [1.807, 2.05) is 42.3 Å². The number of para-hydroxylation sites is 1. The van der Waals surface area contributed by atoms with Crippen LogP contribution in [0.1, 0.15) is 5.76 Å². The lowest BCUT2D eigenvalue weighted by Crippen LogP contribution is -2.40. The highest BCUT2D eigenvalue weighted by Crippen LogP contribution is 2.19. The topological polar surface area (TPSA) is 84.1 Å². The van der Waals surface area contributed by atoms with Gasteiger partial charge in [0.05, 0.1) is 25.5 Å². The fourth-order valence-electron chi connectivity index (χ4n) is 2.36. The van der Waals surface area contributed by atoms with Crippen molar-refractivity contribution >= 4 is 50.7 Å². The lowest BCUT2D eigenvalue weighted by molar-refractivity contribution is 0.153. The number of fused-ring (bicyclic) bond motifs is 1. The first kappa shape index (κ1) is 22.7. The molecule has 0 bridgehead atoms. The van der Waals surface area contributed by atoms with Crippen molar-refractivity contribution in [1.29, 1.82) is 0 Å². The molecule has 1 aromatic heterocycles. The van der Waals surface area contributed by atoms with Crippen LogP contribution < -0.4 is 5.32 Å². The Bertz CT molecular complexity index is 787. The maximum atomic E-state index is 11.0. The predicted octanol–water partition coefficient (Wildman–Crippen LogP) is 2.12. The summed E-state index contributed by atoms with van der Waals surface area (Å²) in [5, 5.41) is 4.26. The highest BCUT2D eigenvalue weighted by molar-refractivity contribution is 14.0. The molecule has 1 aromatic carbocycles. The van der Waals surface area contributed by atoms with E-state index in [1.54, 1.807) is 7.05 Å². The number of ether oxygens (including phenoxy) is 1. The number of nitrogens with zero attached hydrogens (tertiary/aromatic N) is 2. The molecule has 0 aliphatic carbocycles. The summed E-state index contributed by atoms with van der Waals surface area (Å²) >= 11 is 0. The number of hydrogen-bond donors (Lipinski definition) is 1. The Kier molecular flexibility index (Phi) is 9.37. The molecule has 9 heteroatoms. The number of guanidine groups is 1. The molecular weight excluding hydrogens is 469 g/mol. The molecule has 0 spiro atoms. The minimum atomic E-state index is -2.98. The van der Waals surface area contributed by atoms with Crippen LogP contribution >= 0.6 is 24.0 Å². The van der Waals surface area contributed by atoms with Crippen LogP contribution in [0.5, 0.6) is 0 Å². The predicted molar refractivity (Wildman–Crippen MR) is 115 cm³/mol. The van der Waals surface area contributed by atoms with Crippen molar-refractivity contribution in [1.82, 2.24) is 10.2 Å². The molecule has 0 saturated heterocycles. The van der Waals surface area contributed by atoms with E-state index < -0.39 is 9.84 Å². The van der Waals surface area contributed by atoms with Crippen molar-refractivity contribution in [3.63, 3.8) is 0 Å². The van der Waals surface area contributed by atoms with Gasteiger partial charge in [0.15, 0.2) is 5.96 Å². The second-order valence-electron chi connectivity index (χ2n) is 5.82. The Morgan fingerprint density at radius 2 is 2.04 bits per heavy atom. The van der Waals surface area contributed by atoms with Gasteiger partial charge >= 0.3 is 0 Å². The summed E-state index contributed by atoms with van der Waals surface area (Å²) in [6, 6.07) is 9.91. The Morgan fingerprint density at radius 3 is 2.69 bits per heavy atom. The van der Waals surface area contributed by atoms with Gasteiger partial charge in [0.1, 0.15) is 21.2 Å². The molecule has 0 aliphatic heterocycles. The minimum Gasteiger partial charge on any atom is -0.459 e. The van der Waals surface area contributed by atoms with Crippen LogP contribution in [-0.4, -0.2) is 65.1 Å². The second-order valence-corrected chi connectivity index (χ2v) is 8.08. The van der Waals surface area contributed by atoms with E-state index in [9.17, 15) is 8.42 Å². The van der Waals surface area contributed by atoms with Gasteiger partial charge < -0.3 is 19.4 Å². The number of nitrogens with one attached hydrogen (secondary N) is 1. The molecule has 2 aromatic rings. The summed E-state index contributed by atoms with van der Waals surface area (Å²) in [6.07, 6.45) is 1.20. The number of aliphatic imine (C=N–C) groups is 1. The normalized spacial score (nSPS) is 12.0. The largest absolute Gasteiger partial charge is 0.459 e. The second kappa shape index (κ2) is 10.7. The van der Waals surface area contributed by atoms with E-state index in [2.05, 4.69) is 10.3 Å². The quantitative estimate of drug-likeness (QED) is 0.262. The molecule has 0 atom stereocenters. The van der Waals surface area contributed by atoms with Crippen molar-refractivity contribution in [2.75, 3.05) is 45.9 Å². The highest BCUT2D eigenvalue weighted by atomic mass is 127. The molecule has 0 aliphatic rings. The van der Waals surface area contributed by atoms with E-state index in [1.165, 1.54) is 6.26 Å². The van der Waals surface area contributed by atoms with Gasteiger partial charge in [0.25, 0.3) is 0 Å². The Balaban J connectivity index is 0.00000338. The first-order valence-corrected chi connectivity index (χ1v) is 10.1. The zero-order valence-corrected chi connectivity index (χ0v) is 18.4. The Labute approximate surface area is 171 Å². The summed E-state index contributed by atoms with van der Waals surface area (Å²) in [5.41, 5.74) is 0.869. The summed E-state index contributed by atoms with van der Waals surface area (Å²) in [6.45, 7) is 1.74. The number of hydrogen-bond acceptors (Lipinski definition) is 5. The number of rotatable bonds is 8. The van der Waals surface area contributed by atoms with Gasteiger partial charge in [-0.15, -0.1) is 24.0 Å². The van der Waals surface area contributed by atoms with Gasteiger partial charge in [-0.1, -0.05) is 18.2 Å². The fraction of sp³-hybridized carbons (Fsp3) is 0.471. The molecule has 1 heterocycles. The SMILES string of the molecule is CN=C(NCCOCCS(C)(=O)=O)N(C)Cc1cc2ccccc2o1.I. The van der Waals surface area contributed by atoms with Crippen LogP contribution in [0.3, 0.4) is 0 Å². The molecule has 0 saturated carbocycles. The van der Waals surface area contributed by atoms with Gasteiger partial charge in [0, 0.05) is 32.3 Å². The zero-order chi connectivity index (χ0) is 18.3. The summed E-state index contributed by atoms with van der Waals surface area (Å²) in [4.78, 5) is 6.19. The Morgan fingerprint density at radius 1 is 1.31 bits per heavy atom. The maximum absolute atomic E-state index is 11.0. The van der Waals surface area contributed by atoms with Crippen molar-refractivity contribution in [2.45, 2.75) is 6.54 Å². The average Bonchev–Trinajstić information content (AvgIpc) is 2.95. The standard InChI is InChI=1S/C17H25N3O4S.HI/c1-18-17(19-8-9-23-10-11-25(3,21)22)20(2)13-15-12-14-6-4-5-7-16(14)24-15;/h4-7,12H,8-11,13H2,1-3H3,(H,18,19);1H. The molecule has 0 fully saturated rings. The molecule has 0 radical (unpaired) electrons. The van der Waals surface area contributed by atoms with Crippen LogP contribution in [0.2, 0.25) is 0 Å². The zero-order valence-electron chi connectivity index (χ0n) is 15.3. The van der Waals surface area contributed by atoms with Crippen molar-refractivity contribution in [3.05, 3.63) is 36.1 Å². The average molecular weight is 495 g/mol. The first-order chi connectivity index (χ1) is 11.9. The Hall–Kier alpha value is -1.33. The molecule has 7 nitrogen and oxygen atoms in total. The van der Waals surface area contributed by atoms with Crippen molar-refractivity contribution < 1.29 is 17.6 Å². The lowest BCUT2D eigenvalue weighted by atomic mass is 10.2. The number of furan rings is 1. The van der Waals surface area contributed by atoms with Crippen LogP contribution in [-0.2, 0) is 21.1 Å². The molecule has 1 N–H and O–H groups in total. The van der Waals surface area contributed by atoms with Gasteiger partial charge in [-0.2, -0.15) is 0 Å². The number of benzene rings is 1. The van der Waals surface area contributed by atoms with E-state index in [-0.39, 0.29) is 36.3 Å². The van der Waals surface area contributed by atoms with Crippen LogP contribution in [0, 0.1) is 0 Å². The van der Waals surface area contributed by atoms with E-state index in [0.29, 0.717) is 25.7 Å². The third kappa shape index (κ3) is 7.50. The summed E-state index contributed by atoms with van der Waals surface area (Å²) in [7, 11) is 0.655. The molecule has 2 rings (SSSR count). The molecule has 0 unspecified atom stereocenters. The monoisotopic (exact) mass is 495 g/mol. The molecular formula is C17H26IN3O4S. The van der Waals surface area contributed by atoms with E-state index >= 15 is 0 Å². The maximum Gasteiger partial charge on any atom is 0.193 e. The van der Waals surface area contributed by atoms with Crippen molar-refractivity contribution in [3.8, 4) is 0 Å². The van der Waals surface area contributed by atoms with Gasteiger partial charge in [0.2, 0.25) is 0 Å². The van der Waals surface area contributed by atoms with Crippen LogP contribution in [0.25, 0.3) is 11.0 Å². The minimum absolute atomic E-state index is 0. The smallest absolute Gasteiger partial charge is 0.193 e. The van der Waals surface area contributed by atoms with Gasteiger partial charge in [-0.3, -0.25) is 4.99 Å². The van der Waals surface area contributed by atoms with Crippen LogP contribution in [0.4, 0.5) is 0 Å². The van der Waals surface area contributed by atoms with E-state index in [0.717, 1.165) is 16.7 Å². The third-order valence-corrected chi connectivity index (χ3v) is 4.48. The first-order valence-electron chi connectivity index (χ1n) is 8.04. The number of sulfone groups is 1. The summed E-state index contributed by atoms with van der Waals surface area (Å²) in [5.74, 6) is 1.61. The molecule has 26 heavy (non-hydrogen) atoms. The molecule has 0 amide bonds. The van der Waals surface area contributed by atoms with Gasteiger partial charge in [-0.05, 0) is 12.1 Å². The third-order valence-electron chi connectivity index (χ3n) is 3.57. The van der Waals surface area contributed by atoms with E-state index in [4.69, 9.17) is 9.15 Å². The van der Waals surface area contributed by atoms with Crippen molar-refractivity contribution in [2.24, 2.45) is 4.99 Å². The summed E-state index contributed by atoms with van der Waals surface area (Å²) < 4.78 is 33.2. The number of halogens is 1. The molecule has 146 valence electrons.